The second kappa shape index (κ2) is 10.5. The summed E-state index contributed by atoms with van der Waals surface area (Å²) in [6.07, 6.45) is 4.17. The van der Waals surface area contributed by atoms with Gasteiger partial charge in [0.25, 0.3) is 0 Å². The number of benzene rings is 3. The first kappa shape index (κ1) is 24.1. The van der Waals surface area contributed by atoms with Crippen molar-refractivity contribution in [1.82, 2.24) is 0 Å². The Morgan fingerprint density at radius 3 is 2.24 bits per heavy atom. The van der Waals surface area contributed by atoms with E-state index in [-0.39, 0.29) is 5.39 Å². The third kappa shape index (κ3) is 6.11. The molecule has 0 aliphatic heterocycles. The maximum Gasteiger partial charge on any atom is 0.573 e. The number of fused-ring (bicyclic) bond motifs is 1. The van der Waals surface area contributed by atoms with Gasteiger partial charge in [-0.05, 0) is 78.8 Å². The van der Waals surface area contributed by atoms with Crippen molar-refractivity contribution in [3.8, 4) is 17.6 Å². The Hall–Kier alpha value is -3.00. The number of halogens is 4. The van der Waals surface area contributed by atoms with E-state index in [9.17, 15) is 17.6 Å². The average molecular weight is 469 g/mol. The lowest BCUT2D eigenvalue weighted by atomic mass is 9.77. The van der Waals surface area contributed by atoms with E-state index in [0.717, 1.165) is 17.5 Å². The van der Waals surface area contributed by atoms with Crippen molar-refractivity contribution < 1.29 is 22.3 Å². The number of hydrogen-bond acceptors (Lipinski definition) is 1. The average Bonchev–Trinajstić information content (AvgIpc) is 2.83. The molecule has 0 atom stereocenters. The molecule has 178 valence electrons. The summed E-state index contributed by atoms with van der Waals surface area (Å²) in [7, 11) is 0. The Morgan fingerprint density at radius 1 is 0.882 bits per heavy atom. The number of alkyl halides is 3. The Labute approximate surface area is 198 Å². The van der Waals surface area contributed by atoms with Gasteiger partial charge >= 0.3 is 6.36 Å². The van der Waals surface area contributed by atoms with Gasteiger partial charge < -0.3 is 4.74 Å². The zero-order valence-corrected chi connectivity index (χ0v) is 19.2. The van der Waals surface area contributed by atoms with Crippen molar-refractivity contribution in [3.63, 3.8) is 0 Å². The van der Waals surface area contributed by atoms with Crippen LogP contribution in [0.15, 0.2) is 54.6 Å². The molecule has 5 heteroatoms. The van der Waals surface area contributed by atoms with E-state index in [1.54, 1.807) is 12.1 Å². The smallest absolute Gasteiger partial charge is 0.403 e. The molecule has 0 unspecified atom stereocenters. The molecule has 0 radical (unpaired) electrons. The molecule has 1 nitrogen and oxygen atoms in total. The molecule has 1 aliphatic carbocycles. The fourth-order valence-corrected chi connectivity index (χ4v) is 4.81. The van der Waals surface area contributed by atoms with Crippen LogP contribution in [0.3, 0.4) is 0 Å². The monoisotopic (exact) mass is 468 g/mol. The highest BCUT2D eigenvalue weighted by atomic mass is 19.4. The number of unbranched alkanes of at least 4 members (excludes halogenated alkanes) is 1. The SMILES string of the molecule is CCCC[C@H]1CC[C@H](c2ccc(C#Cc3ccc4c(F)c(OC(F)(F)F)ccc4c3)cc2)CC1. The lowest BCUT2D eigenvalue weighted by Crippen LogP contribution is -2.17. The minimum Gasteiger partial charge on any atom is -0.403 e. The number of rotatable bonds is 5. The van der Waals surface area contributed by atoms with Crippen LogP contribution in [0.1, 0.15) is 74.5 Å². The maximum atomic E-state index is 14.4. The van der Waals surface area contributed by atoms with E-state index in [1.165, 1.54) is 62.6 Å². The maximum absolute atomic E-state index is 14.4. The Bertz CT molecular complexity index is 1180. The summed E-state index contributed by atoms with van der Waals surface area (Å²) in [5, 5.41) is 0.518. The lowest BCUT2D eigenvalue weighted by molar-refractivity contribution is -0.275. The van der Waals surface area contributed by atoms with Gasteiger partial charge in [0.15, 0.2) is 11.6 Å². The van der Waals surface area contributed by atoms with Crippen molar-refractivity contribution in [2.45, 2.75) is 64.1 Å². The molecular weight excluding hydrogens is 440 g/mol. The van der Waals surface area contributed by atoms with Gasteiger partial charge in [0, 0.05) is 16.5 Å². The summed E-state index contributed by atoms with van der Waals surface area (Å²) in [6.45, 7) is 2.25. The second-order valence-corrected chi connectivity index (χ2v) is 9.09. The first-order valence-corrected chi connectivity index (χ1v) is 11.9. The summed E-state index contributed by atoms with van der Waals surface area (Å²) < 4.78 is 55.4. The first-order valence-electron chi connectivity index (χ1n) is 11.9. The van der Waals surface area contributed by atoms with Crippen LogP contribution in [-0.4, -0.2) is 6.36 Å². The number of ether oxygens (including phenoxy) is 1. The van der Waals surface area contributed by atoms with Gasteiger partial charge in [-0.15, -0.1) is 13.2 Å². The van der Waals surface area contributed by atoms with Gasteiger partial charge in [-0.25, -0.2) is 4.39 Å². The largest absolute Gasteiger partial charge is 0.573 e. The van der Waals surface area contributed by atoms with Crippen molar-refractivity contribution in [2.24, 2.45) is 5.92 Å². The van der Waals surface area contributed by atoms with Crippen LogP contribution in [0, 0.1) is 23.6 Å². The fraction of sp³-hybridized carbons (Fsp3) is 0.379. The molecule has 1 saturated carbocycles. The van der Waals surface area contributed by atoms with Crippen LogP contribution in [0.5, 0.6) is 5.75 Å². The van der Waals surface area contributed by atoms with Crippen molar-refractivity contribution >= 4 is 10.8 Å². The molecule has 0 bridgehead atoms. The Balaban J connectivity index is 1.42. The van der Waals surface area contributed by atoms with E-state index < -0.39 is 17.9 Å². The predicted molar refractivity (Wildman–Crippen MR) is 127 cm³/mol. The van der Waals surface area contributed by atoms with E-state index in [0.29, 0.717) is 16.9 Å². The molecule has 4 rings (SSSR count). The molecule has 1 aliphatic rings. The molecule has 0 spiro atoms. The summed E-state index contributed by atoms with van der Waals surface area (Å²) in [5.41, 5.74) is 2.92. The highest BCUT2D eigenvalue weighted by Gasteiger charge is 2.32. The quantitative estimate of drug-likeness (QED) is 0.269. The summed E-state index contributed by atoms with van der Waals surface area (Å²) >= 11 is 0. The minimum absolute atomic E-state index is 0.0565. The van der Waals surface area contributed by atoms with Crippen molar-refractivity contribution in [1.29, 1.82) is 0 Å². The molecule has 0 amide bonds. The van der Waals surface area contributed by atoms with Gasteiger partial charge in [0.2, 0.25) is 0 Å². The van der Waals surface area contributed by atoms with Gasteiger partial charge in [-0.1, -0.05) is 62.3 Å². The van der Waals surface area contributed by atoms with Crippen LogP contribution >= 0.6 is 0 Å². The molecular formula is C29H28F4O. The minimum atomic E-state index is -4.94. The molecule has 3 aromatic rings. The van der Waals surface area contributed by atoms with Gasteiger partial charge in [-0.3, -0.25) is 0 Å². The summed E-state index contributed by atoms with van der Waals surface area (Å²) in [4.78, 5) is 0. The highest BCUT2D eigenvalue weighted by molar-refractivity contribution is 5.86. The van der Waals surface area contributed by atoms with E-state index in [4.69, 9.17) is 0 Å². The topological polar surface area (TPSA) is 9.23 Å². The van der Waals surface area contributed by atoms with Gasteiger partial charge in [-0.2, -0.15) is 0 Å². The molecule has 0 heterocycles. The second-order valence-electron chi connectivity index (χ2n) is 9.09. The first-order chi connectivity index (χ1) is 16.3. The summed E-state index contributed by atoms with van der Waals surface area (Å²) in [5.74, 6) is 5.83. The van der Waals surface area contributed by atoms with Crippen LogP contribution in [0.2, 0.25) is 0 Å². The summed E-state index contributed by atoms with van der Waals surface area (Å²) in [6, 6.07) is 15.5. The molecule has 0 saturated heterocycles. The van der Waals surface area contributed by atoms with Crippen LogP contribution in [0.4, 0.5) is 17.6 Å². The molecule has 3 aromatic carbocycles. The Morgan fingerprint density at radius 2 is 1.56 bits per heavy atom. The highest BCUT2D eigenvalue weighted by Crippen LogP contribution is 2.37. The van der Waals surface area contributed by atoms with E-state index in [2.05, 4.69) is 35.6 Å². The standard InChI is InChI=1S/C29H28F4O/c1-2-3-4-20-7-12-23(13-8-20)24-14-9-21(10-15-24)5-6-22-11-17-26-25(19-22)16-18-27(28(26)30)34-29(31,32)33/h9-11,14-20,23H,2-4,7-8,12-13H2,1H3/t20-,23-. The van der Waals surface area contributed by atoms with Crippen LogP contribution in [0.25, 0.3) is 10.8 Å². The van der Waals surface area contributed by atoms with Crippen LogP contribution in [-0.2, 0) is 0 Å². The zero-order valence-electron chi connectivity index (χ0n) is 19.2. The molecule has 0 N–H and O–H groups in total. The predicted octanol–water partition coefficient (Wildman–Crippen LogP) is 8.74. The number of hydrogen-bond donors (Lipinski definition) is 0. The van der Waals surface area contributed by atoms with Crippen molar-refractivity contribution in [3.05, 3.63) is 77.1 Å². The van der Waals surface area contributed by atoms with Crippen molar-refractivity contribution in [2.75, 3.05) is 0 Å². The fourth-order valence-electron chi connectivity index (χ4n) is 4.81. The van der Waals surface area contributed by atoms with Crippen LogP contribution < -0.4 is 4.74 Å². The molecule has 1 fully saturated rings. The van der Waals surface area contributed by atoms with Gasteiger partial charge in [0.05, 0.1) is 0 Å². The third-order valence-corrected chi connectivity index (χ3v) is 6.69. The molecule has 0 aromatic heterocycles. The lowest BCUT2D eigenvalue weighted by Gasteiger charge is -2.28. The van der Waals surface area contributed by atoms with Gasteiger partial charge in [0.1, 0.15) is 0 Å². The third-order valence-electron chi connectivity index (χ3n) is 6.69. The molecule has 34 heavy (non-hydrogen) atoms. The zero-order chi connectivity index (χ0) is 24.1. The van der Waals surface area contributed by atoms with E-state index in [1.807, 2.05) is 12.1 Å². The normalized spacial score (nSPS) is 18.4. The van der Waals surface area contributed by atoms with E-state index >= 15 is 0 Å². The Kier molecular flexibility index (Phi) is 7.46.